The molecule has 0 saturated carbocycles. The van der Waals surface area contributed by atoms with Crippen molar-refractivity contribution in [2.45, 2.75) is 26.3 Å². The highest BCUT2D eigenvalue weighted by Crippen LogP contribution is 2.22. The van der Waals surface area contributed by atoms with Crippen LogP contribution in [0.5, 0.6) is 0 Å². The highest BCUT2D eigenvalue weighted by molar-refractivity contribution is 7.18. The first-order valence-electron chi connectivity index (χ1n) is 8.24. The molecule has 0 amide bonds. The molecule has 2 N–H and O–H groups in total. The molecule has 126 valence electrons. The Morgan fingerprint density at radius 1 is 1.21 bits per heavy atom. The number of nitrogens with zero attached hydrogens (tertiary/aromatic N) is 2. The van der Waals surface area contributed by atoms with Crippen molar-refractivity contribution in [1.29, 1.82) is 0 Å². The van der Waals surface area contributed by atoms with E-state index in [-0.39, 0.29) is 0 Å². The molecule has 5 nitrogen and oxygen atoms in total. The van der Waals surface area contributed by atoms with E-state index in [0.29, 0.717) is 6.54 Å². The lowest BCUT2D eigenvalue weighted by molar-refractivity contribution is 0.512. The minimum Gasteiger partial charge on any atom is -0.467 e. The van der Waals surface area contributed by atoms with Crippen LogP contribution in [0.2, 0.25) is 0 Å². The van der Waals surface area contributed by atoms with Crippen LogP contribution >= 0.6 is 11.3 Å². The van der Waals surface area contributed by atoms with Gasteiger partial charge in [-0.2, -0.15) is 0 Å². The largest absolute Gasteiger partial charge is 0.467 e. The third-order valence-electron chi connectivity index (χ3n) is 3.52. The van der Waals surface area contributed by atoms with Gasteiger partial charge in [0.25, 0.3) is 0 Å². The van der Waals surface area contributed by atoms with Gasteiger partial charge in [-0.05, 0) is 37.6 Å². The van der Waals surface area contributed by atoms with E-state index in [1.807, 2.05) is 18.2 Å². The standard InChI is InChI=1S/C18H22N4OS/c1-2-19-18(21-13-14-7-6-12-23-14)20-11-5-10-17-22-15-8-3-4-9-16(15)24-17/h3-4,6-9,12H,2,5,10-11,13H2,1H3,(H2,19,20,21). The molecular formula is C18H22N4OS. The molecule has 2 heterocycles. The number of hydrogen-bond acceptors (Lipinski definition) is 4. The summed E-state index contributed by atoms with van der Waals surface area (Å²) in [4.78, 5) is 9.19. The van der Waals surface area contributed by atoms with Crippen LogP contribution in [0.1, 0.15) is 24.1 Å². The van der Waals surface area contributed by atoms with E-state index < -0.39 is 0 Å². The van der Waals surface area contributed by atoms with Crippen molar-refractivity contribution in [3.63, 3.8) is 0 Å². The number of aromatic nitrogens is 1. The van der Waals surface area contributed by atoms with Crippen LogP contribution in [-0.2, 0) is 13.0 Å². The molecule has 0 atom stereocenters. The predicted octanol–water partition coefficient (Wildman–Crippen LogP) is 3.58. The lowest BCUT2D eigenvalue weighted by Gasteiger charge is -2.10. The Morgan fingerprint density at radius 2 is 2.12 bits per heavy atom. The summed E-state index contributed by atoms with van der Waals surface area (Å²) in [6.45, 7) is 4.30. The first kappa shape index (κ1) is 16.5. The fourth-order valence-electron chi connectivity index (χ4n) is 2.37. The number of rotatable bonds is 7. The van der Waals surface area contributed by atoms with Gasteiger partial charge in [0.1, 0.15) is 12.3 Å². The van der Waals surface area contributed by atoms with Gasteiger partial charge in [-0.3, -0.25) is 0 Å². The van der Waals surface area contributed by atoms with Gasteiger partial charge in [0, 0.05) is 19.5 Å². The van der Waals surface area contributed by atoms with E-state index in [0.717, 1.165) is 43.2 Å². The Hall–Kier alpha value is -2.34. The minimum absolute atomic E-state index is 0.542. The van der Waals surface area contributed by atoms with Crippen LogP contribution in [0.25, 0.3) is 10.2 Å². The summed E-state index contributed by atoms with van der Waals surface area (Å²) in [5.74, 6) is 1.68. The van der Waals surface area contributed by atoms with E-state index in [9.17, 15) is 0 Å². The summed E-state index contributed by atoms with van der Waals surface area (Å²) in [6, 6.07) is 12.1. The summed E-state index contributed by atoms with van der Waals surface area (Å²) in [5.41, 5.74) is 1.10. The minimum atomic E-state index is 0.542. The van der Waals surface area contributed by atoms with Gasteiger partial charge >= 0.3 is 0 Å². The topological polar surface area (TPSA) is 62.5 Å². The van der Waals surface area contributed by atoms with Gasteiger partial charge in [0.05, 0.1) is 21.5 Å². The fraction of sp³-hybridized carbons (Fsp3) is 0.333. The van der Waals surface area contributed by atoms with Crippen molar-refractivity contribution < 1.29 is 4.42 Å². The smallest absolute Gasteiger partial charge is 0.191 e. The highest BCUT2D eigenvalue weighted by Gasteiger charge is 2.03. The molecule has 0 aliphatic rings. The molecule has 0 bridgehead atoms. The normalized spacial score (nSPS) is 11.8. The Morgan fingerprint density at radius 3 is 2.92 bits per heavy atom. The van der Waals surface area contributed by atoms with Crippen LogP contribution in [0, 0.1) is 0 Å². The van der Waals surface area contributed by atoms with Gasteiger partial charge in [-0.15, -0.1) is 11.3 Å². The zero-order chi connectivity index (χ0) is 16.6. The van der Waals surface area contributed by atoms with E-state index in [4.69, 9.17) is 4.42 Å². The molecule has 0 saturated heterocycles. The molecule has 0 aliphatic heterocycles. The quantitative estimate of drug-likeness (QED) is 0.391. The molecule has 3 rings (SSSR count). The zero-order valence-electron chi connectivity index (χ0n) is 13.8. The van der Waals surface area contributed by atoms with Gasteiger partial charge in [0.2, 0.25) is 0 Å². The number of guanidine groups is 1. The fourth-order valence-corrected chi connectivity index (χ4v) is 3.38. The van der Waals surface area contributed by atoms with Gasteiger partial charge in [-0.1, -0.05) is 12.1 Å². The van der Waals surface area contributed by atoms with Crippen LogP contribution in [0.4, 0.5) is 0 Å². The molecule has 0 radical (unpaired) electrons. The highest BCUT2D eigenvalue weighted by atomic mass is 32.1. The monoisotopic (exact) mass is 342 g/mol. The summed E-state index contributed by atoms with van der Waals surface area (Å²) >= 11 is 1.78. The molecule has 0 fully saturated rings. The molecular weight excluding hydrogens is 320 g/mol. The maximum atomic E-state index is 5.30. The Balaban J connectivity index is 1.47. The molecule has 24 heavy (non-hydrogen) atoms. The Bertz CT molecular complexity index is 746. The number of benzene rings is 1. The Labute approximate surface area is 145 Å². The zero-order valence-corrected chi connectivity index (χ0v) is 14.6. The first-order valence-corrected chi connectivity index (χ1v) is 9.06. The lowest BCUT2D eigenvalue weighted by atomic mass is 10.3. The maximum Gasteiger partial charge on any atom is 0.191 e. The van der Waals surface area contributed by atoms with Crippen LogP contribution in [0.3, 0.4) is 0 Å². The van der Waals surface area contributed by atoms with E-state index in [2.05, 4.69) is 45.7 Å². The molecule has 6 heteroatoms. The predicted molar refractivity (Wildman–Crippen MR) is 99.5 cm³/mol. The Kier molecular flexibility index (Phi) is 5.85. The van der Waals surface area contributed by atoms with Crippen molar-refractivity contribution in [2.75, 3.05) is 13.1 Å². The summed E-state index contributed by atoms with van der Waals surface area (Å²) in [6.07, 6.45) is 3.66. The number of fused-ring (bicyclic) bond motifs is 1. The van der Waals surface area contributed by atoms with Crippen molar-refractivity contribution in [2.24, 2.45) is 4.99 Å². The molecule has 1 aromatic carbocycles. The maximum absolute atomic E-state index is 5.30. The molecule has 3 aromatic rings. The van der Waals surface area contributed by atoms with Crippen LogP contribution < -0.4 is 10.6 Å². The number of nitrogens with one attached hydrogen (secondary N) is 2. The number of furan rings is 1. The molecule has 0 aliphatic carbocycles. The third kappa shape index (κ3) is 4.58. The molecule has 0 spiro atoms. The first-order chi connectivity index (χ1) is 11.8. The van der Waals surface area contributed by atoms with Crippen molar-refractivity contribution in [1.82, 2.24) is 15.6 Å². The van der Waals surface area contributed by atoms with Gasteiger partial charge in [0.15, 0.2) is 5.96 Å². The molecule has 2 aromatic heterocycles. The second-order valence-corrected chi connectivity index (χ2v) is 6.50. The second-order valence-electron chi connectivity index (χ2n) is 5.38. The lowest BCUT2D eigenvalue weighted by Crippen LogP contribution is -2.37. The van der Waals surface area contributed by atoms with Crippen LogP contribution in [0.15, 0.2) is 52.1 Å². The molecule has 0 unspecified atom stereocenters. The van der Waals surface area contributed by atoms with Crippen molar-refractivity contribution >= 4 is 27.5 Å². The number of aliphatic imine (C=N–C) groups is 1. The second kappa shape index (κ2) is 8.49. The number of para-hydroxylation sites is 1. The average molecular weight is 342 g/mol. The summed E-state index contributed by atoms with van der Waals surface area (Å²) < 4.78 is 6.56. The van der Waals surface area contributed by atoms with E-state index >= 15 is 0 Å². The summed E-state index contributed by atoms with van der Waals surface area (Å²) in [5, 5.41) is 7.80. The third-order valence-corrected chi connectivity index (χ3v) is 4.61. The van der Waals surface area contributed by atoms with Gasteiger partial charge < -0.3 is 15.1 Å². The number of aryl methyl sites for hydroxylation is 1. The SMILES string of the molecule is CCNC(=NCc1ccco1)NCCCc1nc2ccccc2s1. The summed E-state index contributed by atoms with van der Waals surface area (Å²) in [7, 11) is 0. The van der Waals surface area contributed by atoms with Crippen molar-refractivity contribution in [3.8, 4) is 0 Å². The average Bonchev–Trinajstić information content (AvgIpc) is 3.25. The number of hydrogen-bond donors (Lipinski definition) is 2. The van der Waals surface area contributed by atoms with Crippen molar-refractivity contribution in [3.05, 3.63) is 53.4 Å². The van der Waals surface area contributed by atoms with E-state index in [1.54, 1.807) is 17.6 Å². The van der Waals surface area contributed by atoms with Crippen LogP contribution in [-0.4, -0.2) is 24.0 Å². The number of thiazole rings is 1. The van der Waals surface area contributed by atoms with E-state index in [1.165, 1.54) is 9.71 Å². The van der Waals surface area contributed by atoms with Gasteiger partial charge in [-0.25, -0.2) is 9.98 Å².